The number of carboxylic acid groups (broad SMARTS) is 2. The van der Waals surface area contributed by atoms with E-state index in [9.17, 15) is 19.8 Å². The molecule has 0 spiro atoms. The molecule has 0 aromatic heterocycles. The molecule has 0 radical (unpaired) electrons. The number of carboxylic acids is 2. The van der Waals surface area contributed by atoms with Crippen LogP contribution in [-0.2, 0) is 31.8 Å². The Kier molecular flexibility index (Phi) is 13.6. The normalized spacial score (nSPS) is 11.0. The van der Waals surface area contributed by atoms with E-state index in [2.05, 4.69) is 0 Å². The summed E-state index contributed by atoms with van der Waals surface area (Å²) in [6.45, 7) is 0.771. The van der Waals surface area contributed by atoms with Crippen LogP contribution >= 0.6 is 0 Å². The highest BCUT2D eigenvalue weighted by molar-refractivity contribution is 5.97. The van der Waals surface area contributed by atoms with E-state index in [4.69, 9.17) is 29.2 Å². The van der Waals surface area contributed by atoms with Crippen molar-refractivity contribution in [3.63, 3.8) is 0 Å². The number of carbonyl (C=O) groups is 2. The molecule has 30 heavy (non-hydrogen) atoms. The third-order valence-electron chi connectivity index (χ3n) is 4.10. The van der Waals surface area contributed by atoms with Crippen molar-refractivity contribution in [2.24, 2.45) is 0 Å². The summed E-state index contributed by atoms with van der Waals surface area (Å²) >= 11 is 0. The first kappa shape index (κ1) is 26.0. The second kappa shape index (κ2) is 15.7. The van der Waals surface area contributed by atoms with E-state index in [1.807, 2.05) is 0 Å². The average Bonchev–Trinajstić information content (AvgIpc) is 2.71. The number of hydrogen-bond acceptors (Lipinski definition) is 8. The van der Waals surface area contributed by atoms with Crippen molar-refractivity contribution in [3.8, 4) is 0 Å². The molecule has 0 amide bonds. The topological polar surface area (TPSA) is 152 Å². The first-order chi connectivity index (χ1) is 14.5. The van der Waals surface area contributed by atoms with E-state index >= 15 is 0 Å². The predicted molar refractivity (Wildman–Crippen MR) is 105 cm³/mol. The molecule has 1 rings (SSSR count). The number of benzene rings is 1. The number of aromatic carboxylic acids is 2. The van der Waals surface area contributed by atoms with Gasteiger partial charge >= 0.3 is 11.9 Å². The van der Waals surface area contributed by atoms with Crippen LogP contribution < -0.4 is 0 Å². The molecule has 0 aliphatic heterocycles. The second-order valence-corrected chi connectivity index (χ2v) is 6.26. The van der Waals surface area contributed by atoms with E-state index in [0.29, 0.717) is 31.4 Å². The first-order valence-corrected chi connectivity index (χ1v) is 9.67. The molecule has 1 aromatic carbocycles. The quantitative estimate of drug-likeness (QED) is 0.195. The standard InChI is InChI=1S/C20H30O10/c21-7-11-29-13-27-9-1-3-15-5-6-17(19(23)24)16(18(15)20(25)26)4-2-10-28-14-30-12-8-22/h5-6,21-22H,1-4,7-14H2,(H,23,24)(H,25,26). The Morgan fingerprint density at radius 2 is 1.27 bits per heavy atom. The molecule has 0 aliphatic carbocycles. The van der Waals surface area contributed by atoms with Crippen LogP contribution in [0.2, 0.25) is 0 Å². The highest BCUT2D eigenvalue weighted by Crippen LogP contribution is 2.23. The number of hydrogen-bond donors (Lipinski definition) is 4. The molecule has 1 aromatic rings. The van der Waals surface area contributed by atoms with Crippen LogP contribution in [0.4, 0.5) is 0 Å². The monoisotopic (exact) mass is 430 g/mol. The van der Waals surface area contributed by atoms with Crippen molar-refractivity contribution in [3.05, 3.63) is 34.4 Å². The van der Waals surface area contributed by atoms with E-state index in [0.717, 1.165) is 0 Å². The Labute approximate surface area is 174 Å². The van der Waals surface area contributed by atoms with Gasteiger partial charge in [-0.1, -0.05) is 6.07 Å². The molecule has 170 valence electrons. The van der Waals surface area contributed by atoms with E-state index in [1.54, 1.807) is 0 Å². The average molecular weight is 430 g/mol. The van der Waals surface area contributed by atoms with Crippen LogP contribution in [0, 0.1) is 0 Å². The van der Waals surface area contributed by atoms with Gasteiger partial charge in [0.1, 0.15) is 13.6 Å². The van der Waals surface area contributed by atoms with Gasteiger partial charge in [0.25, 0.3) is 0 Å². The van der Waals surface area contributed by atoms with Gasteiger partial charge in [-0.2, -0.15) is 0 Å². The fourth-order valence-electron chi connectivity index (χ4n) is 2.83. The molecule has 0 heterocycles. The van der Waals surface area contributed by atoms with Crippen molar-refractivity contribution in [1.82, 2.24) is 0 Å². The summed E-state index contributed by atoms with van der Waals surface area (Å²) in [5.74, 6) is -2.36. The molecule has 10 nitrogen and oxygen atoms in total. The molecule has 0 aliphatic rings. The van der Waals surface area contributed by atoms with Crippen LogP contribution in [0.25, 0.3) is 0 Å². The summed E-state index contributed by atoms with van der Waals surface area (Å²) in [5.41, 5.74) is 0.762. The number of rotatable bonds is 18. The molecule has 0 bridgehead atoms. The highest BCUT2D eigenvalue weighted by atomic mass is 16.7. The SMILES string of the molecule is O=C(O)c1ccc(CCCOCOCCO)c(C(=O)O)c1CCCOCOCCO. The van der Waals surface area contributed by atoms with Crippen LogP contribution in [-0.4, -0.2) is 85.6 Å². The zero-order chi connectivity index (χ0) is 22.2. The first-order valence-electron chi connectivity index (χ1n) is 9.67. The molecular weight excluding hydrogens is 400 g/mol. The lowest BCUT2D eigenvalue weighted by atomic mass is 9.91. The maximum absolute atomic E-state index is 11.9. The third-order valence-corrected chi connectivity index (χ3v) is 4.10. The molecule has 0 atom stereocenters. The van der Waals surface area contributed by atoms with Gasteiger partial charge in [0.2, 0.25) is 0 Å². The van der Waals surface area contributed by atoms with Gasteiger partial charge in [-0.3, -0.25) is 0 Å². The van der Waals surface area contributed by atoms with Crippen LogP contribution in [0.1, 0.15) is 44.7 Å². The van der Waals surface area contributed by atoms with Crippen molar-refractivity contribution >= 4 is 11.9 Å². The van der Waals surface area contributed by atoms with Crippen molar-refractivity contribution in [1.29, 1.82) is 0 Å². The Morgan fingerprint density at radius 3 is 1.77 bits per heavy atom. The zero-order valence-corrected chi connectivity index (χ0v) is 16.9. The molecule has 0 fully saturated rings. The van der Waals surface area contributed by atoms with Crippen molar-refractivity contribution in [2.45, 2.75) is 25.7 Å². The van der Waals surface area contributed by atoms with E-state index in [1.165, 1.54) is 12.1 Å². The molecule has 0 unspecified atom stereocenters. The number of aliphatic hydroxyl groups excluding tert-OH is 2. The van der Waals surface area contributed by atoms with Gasteiger partial charge in [-0.05, 0) is 42.9 Å². The predicted octanol–water partition coefficient (Wildman–Crippen LogP) is 0.914. The number of aliphatic hydroxyl groups is 2. The van der Waals surface area contributed by atoms with Gasteiger partial charge in [-0.15, -0.1) is 0 Å². The molecule has 0 saturated heterocycles. The summed E-state index contributed by atoms with van der Waals surface area (Å²) in [7, 11) is 0. The minimum Gasteiger partial charge on any atom is -0.478 e. The maximum Gasteiger partial charge on any atom is 0.336 e. The molecular formula is C20H30O10. The van der Waals surface area contributed by atoms with E-state index < -0.39 is 11.9 Å². The van der Waals surface area contributed by atoms with Crippen molar-refractivity contribution < 1.29 is 49.0 Å². The summed E-state index contributed by atoms with van der Waals surface area (Å²) in [4.78, 5) is 23.5. The minimum atomic E-state index is -1.18. The Balaban J connectivity index is 2.74. The lowest BCUT2D eigenvalue weighted by molar-refractivity contribution is -0.0626. The van der Waals surface area contributed by atoms with Crippen LogP contribution in [0.5, 0.6) is 0 Å². The smallest absolute Gasteiger partial charge is 0.336 e. The molecule has 0 saturated carbocycles. The summed E-state index contributed by atoms with van der Waals surface area (Å²) < 4.78 is 20.4. The van der Waals surface area contributed by atoms with Gasteiger partial charge in [-0.25, -0.2) is 9.59 Å². The van der Waals surface area contributed by atoms with Crippen LogP contribution in [0.3, 0.4) is 0 Å². The van der Waals surface area contributed by atoms with Gasteiger partial charge in [0.15, 0.2) is 0 Å². The van der Waals surface area contributed by atoms with Gasteiger partial charge < -0.3 is 39.4 Å². The number of aryl methyl sites for hydroxylation is 1. The highest BCUT2D eigenvalue weighted by Gasteiger charge is 2.21. The van der Waals surface area contributed by atoms with Gasteiger partial charge in [0.05, 0.1) is 37.6 Å². The fourth-order valence-corrected chi connectivity index (χ4v) is 2.83. The largest absolute Gasteiger partial charge is 0.478 e. The second-order valence-electron chi connectivity index (χ2n) is 6.26. The van der Waals surface area contributed by atoms with Gasteiger partial charge in [0, 0.05) is 13.2 Å². The minimum absolute atomic E-state index is 0.000192. The number of ether oxygens (including phenoxy) is 4. The lowest BCUT2D eigenvalue weighted by Gasteiger charge is -2.15. The Bertz CT molecular complexity index is 647. The zero-order valence-electron chi connectivity index (χ0n) is 16.9. The Hall–Kier alpha value is -2.08. The lowest BCUT2D eigenvalue weighted by Crippen LogP contribution is -2.15. The van der Waals surface area contributed by atoms with Crippen molar-refractivity contribution in [2.75, 3.05) is 53.2 Å². The summed E-state index contributed by atoms with van der Waals surface area (Å²) in [5, 5.41) is 36.4. The maximum atomic E-state index is 11.9. The van der Waals surface area contributed by atoms with Crippen LogP contribution in [0.15, 0.2) is 12.1 Å². The Morgan fingerprint density at radius 1 is 0.733 bits per heavy atom. The fraction of sp³-hybridized carbons (Fsp3) is 0.600. The third kappa shape index (κ3) is 9.61. The summed E-state index contributed by atoms with van der Waals surface area (Å²) in [6, 6.07) is 2.95. The summed E-state index contributed by atoms with van der Waals surface area (Å²) in [6.07, 6.45) is 1.57. The molecule has 4 N–H and O–H groups in total. The molecule has 10 heteroatoms. The van der Waals surface area contributed by atoms with E-state index in [-0.39, 0.29) is 69.7 Å².